The highest BCUT2D eigenvalue weighted by Crippen LogP contribution is 2.43. The van der Waals surface area contributed by atoms with Crippen LogP contribution in [0.5, 0.6) is 0 Å². The van der Waals surface area contributed by atoms with Crippen LogP contribution in [0, 0.1) is 0 Å². The molecule has 0 rings (SSSR count). The second-order valence-electron chi connectivity index (χ2n) is 18.7. The summed E-state index contributed by atoms with van der Waals surface area (Å²) in [4.78, 5) is 37.4. The number of likely N-dealkylation sites (N-methyl/N-ethyl adjacent to an activating group) is 1. The summed E-state index contributed by atoms with van der Waals surface area (Å²) < 4.78 is 30.4. The molecule has 66 heavy (non-hydrogen) atoms. The number of unbranched alkanes of at least 4 members (excludes halogenated alkanes) is 18. The van der Waals surface area contributed by atoms with Gasteiger partial charge in [-0.25, -0.2) is 4.57 Å². The molecule has 0 spiro atoms. The molecule has 0 aliphatic carbocycles. The molecule has 380 valence electrons. The van der Waals surface area contributed by atoms with Crippen LogP contribution in [0.2, 0.25) is 0 Å². The molecule has 1 amide bonds. The third kappa shape index (κ3) is 46.3. The molecule has 10 heteroatoms. The van der Waals surface area contributed by atoms with Crippen LogP contribution in [0.3, 0.4) is 0 Å². The number of phosphoric ester groups is 1. The number of amides is 1. The molecule has 0 radical (unpaired) electrons. The Kier molecular flexibility index (Phi) is 44.0. The molecule has 0 aliphatic heterocycles. The number of quaternary nitrogens is 1. The van der Waals surface area contributed by atoms with Crippen LogP contribution in [0.25, 0.3) is 0 Å². The Morgan fingerprint density at radius 2 is 0.985 bits per heavy atom. The fourth-order valence-corrected chi connectivity index (χ4v) is 7.72. The van der Waals surface area contributed by atoms with Crippen LogP contribution in [0.4, 0.5) is 0 Å². The van der Waals surface area contributed by atoms with Crippen LogP contribution in [-0.4, -0.2) is 74.3 Å². The smallest absolute Gasteiger partial charge is 0.456 e. The van der Waals surface area contributed by atoms with E-state index >= 15 is 0 Å². The predicted molar refractivity (Wildman–Crippen MR) is 281 cm³/mol. The van der Waals surface area contributed by atoms with Crippen molar-refractivity contribution >= 4 is 19.7 Å². The standard InChI is InChI=1S/C56H99N2O7P/c1-7-10-13-16-19-22-25-27-28-29-31-33-36-39-42-45-48-55(59)57-53(52-64-66(61,62)63-51-50-58(4,5)6)54(47-44-41-38-35-32-24-21-18-15-12-9-3)65-56(60)49-46-43-40-37-34-30-26-23-20-17-14-11-8-2/h10,13,19,22,27-28,30-31,33-34,40,43-44,47,53-54H,7-9,11-12,14-18,20-21,23-26,29,32,35-39,41-42,45-46,48-52H2,1-6H3,(H-,57,59,61,62)/p+1/b13-10+,22-19+,28-27+,33-31+,34-30-,43-40+,47-44+. The van der Waals surface area contributed by atoms with Crippen LogP contribution in [0.1, 0.15) is 207 Å². The number of esters is 1. The summed E-state index contributed by atoms with van der Waals surface area (Å²) >= 11 is 0. The van der Waals surface area contributed by atoms with E-state index in [2.05, 4.69) is 92.9 Å². The second kappa shape index (κ2) is 45.9. The van der Waals surface area contributed by atoms with E-state index in [1.165, 1.54) is 83.5 Å². The van der Waals surface area contributed by atoms with Crippen molar-refractivity contribution in [2.45, 2.75) is 219 Å². The maximum atomic E-state index is 13.4. The number of phosphoric acid groups is 1. The lowest BCUT2D eigenvalue weighted by atomic mass is 10.1. The van der Waals surface area contributed by atoms with E-state index in [9.17, 15) is 19.0 Å². The number of allylic oxidation sites excluding steroid dienone is 13. The third-order valence-corrected chi connectivity index (χ3v) is 12.1. The van der Waals surface area contributed by atoms with Gasteiger partial charge >= 0.3 is 13.8 Å². The highest BCUT2D eigenvalue weighted by Gasteiger charge is 2.30. The Morgan fingerprint density at radius 1 is 0.545 bits per heavy atom. The molecule has 0 aliphatic rings. The molecule has 0 heterocycles. The van der Waals surface area contributed by atoms with Crippen molar-refractivity contribution < 1.29 is 37.3 Å². The van der Waals surface area contributed by atoms with Gasteiger partial charge in [0.05, 0.1) is 33.8 Å². The minimum absolute atomic E-state index is 0.0225. The van der Waals surface area contributed by atoms with Gasteiger partial charge in [-0.05, 0) is 89.5 Å². The van der Waals surface area contributed by atoms with Gasteiger partial charge in [0.25, 0.3) is 0 Å². The lowest BCUT2D eigenvalue weighted by Crippen LogP contribution is -2.47. The van der Waals surface area contributed by atoms with E-state index in [-0.39, 0.29) is 32.0 Å². The molecule has 2 N–H and O–H groups in total. The van der Waals surface area contributed by atoms with Gasteiger partial charge in [-0.2, -0.15) is 0 Å². The van der Waals surface area contributed by atoms with Crippen LogP contribution in [-0.2, 0) is 27.9 Å². The molecule has 0 aromatic carbocycles. The van der Waals surface area contributed by atoms with Gasteiger partial charge in [0, 0.05) is 12.8 Å². The van der Waals surface area contributed by atoms with Crippen molar-refractivity contribution in [3.8, 4) is 0 Å². The van der Waals surface area contributed by atoms with Crippen molar-refractivity contribution in [2.24, 2.45) is 0 Å². The number of carbonyl (C=O) groups excluding carboxylic acids is 2. The number of carbonyl (C=O) groups is 2. The average Bonchev–Trinajstić information content (AvgIpc) is 3.27. The van der Waals surface area contributed by atoms with Crippen molar-refractivity contribution in [1.29, 1.82) is 0 Å². The summed E-state index contributed by atoms with van der Waals surface area (Å²) in [7, 11) is 1.44. The summed E-state index contributed by atoms with van der Waals surface area (Å²) in [6.45, 7) is 6.79. The highest BCUT2D eigenvalue weighted by atomic mass is 31.2. The maximum absolute atomic E-state index is 13.4. The lowest BCUT2D eigenvalue weighted by molar-refractivity contribution is -0.870. The lowest BCUT2D eigenvalue weighted by Gasteiger charge is -2.27. The first-order valence-corrected chi connectivity index (χ1v) is 27.9. The fourth-order valence-electron chi connectivity index (χ4n) is 6.98. The Hall–Kier alpha value is -2.81. The monoisotopic (exact) mass is 944 g/mol. The number of nitrogens with zero attached hydrogens (tertiary/aromatic N) is 1. The molecule has 0 bridgehead atoms. The van der Waals surface area contributed by atoms with E-state index in [1.807, 2.05) is 39.4 Å². The number of rotatable bonds is 46. The van der Waals surface area contributed by atoms with Gasteiger partial charge in [0.15, 0.2) is 0 Å². The SMILES string of the molecule is CC/C=C/C/C=C/C/C=C/C/C=C/CCCCCC(=O)NC(COP(=O)(O)OCC[N+](C)(C)C)C(/C=C/CCCCCCCCCCC)OC(=O)CC/C=C/C/C=C\CCCCCCCC. The van der Waals surface area contributed by atoms with E-state index in [1.54, 1.807) is 0 Å². The van der Waals surface area contributed by atoms with Gasteiger partial charge in [-0.1, -0.05) is 190 Å². The van der Waals surface area contributed by atoms with Gasteiger partial charge in [0.2, 0.25) is 5.91 Å². The minimum atomic E-state index is -4.46. The quantitative estimate of drug-likeness (QED) is 0.0206. The van der Waals surface area contributed by atoms with E-state index in [0.29, 0.717) is 23.9 Å². The summed E-state index contributed by atoms with van der Waals surface area (Å²) in [5.41, 5.74) is 0. The van der Waals surface area contributed by atoms with Crippen molar-refractivity contribution in [3.63, 3.8) is 0 Å². The normalized spacial score (nSPS) is 14.6. The molecule has 0 saturated carbocycles. The molecule has 0 fully saturated rings. The van der Waals surface area contributed by atoms with Crippen molar-refractivity contribution in [2.75, 3.05) is 40.9 Å². The molecular weight excluding hydrogens is 844 g/mol. The summed E-state index contributed by atoms with van der Waals surface area (Å²) in [6.07, 6.45) is 58.8. The summed E-state index contributed by atoms with van der Waals surface area (Å²) in [5, 5.41) is 3.00. The Balaban J connectivity index is 5.54. The maximum Gasteiger partial charge on any atom is 0.472 e. The van der Waals surface area contributed by atoms with Crippen LogP contribution >= 0.6 is 7.82 Å². The topological polar surface area (TPSA) is 111 Å². The Morgan fingerprint density at radius 3 is 1.48 bits per heavy atom. The fraction of sp³-hybridized carbons (Fsp3) is 0.714. The first-order chi connectivity index (χ1) is 31.9. The molecule has 0 saturated heterocycles. The number of nitrogens with one attached hydrogen (secondary N) is 1. The Bertz CT molecular complexity index is 1410. The summed E-state index contributed by atoms with van der Waals surface area (Å²) in [6, 6.07) is -0.889. The van der Waals surface area contributed by atoms with E-state index < -0.39 is 25.9 Å². The first kappa shape index (κ1) is 63.2. The molecule has 3 atom stereocenters. The summed E-state index contributed by atoms with van der Waals surface area (Å²) in [5.74, 6) is -0.628. The Labute approximate surface area is 406 Å². The molecular formula is C56H100N2O7P+. The van der Waals surface area contributed by atoms with Crippen molar-refractivity contribution in [3.05, 3.63) is 85.1 Å². The largest absolute Gasteiger partial charge is 0.472 e. The van der Waals surface area contributed by atoms with Gasteiger partial charge in [-0.3, -0.25) is 18.6 Å². The zero-order valence-corrected chi connectivity index (χ0v) is 44.1. The van der Waals surface area contributed by atoms with Crippen LogP contribution < -0.4 is 5.32 Å². The van der Waals surface area contributed by atoms with Gasteiger partial charge in [-0.15, -0.1) is 0 Å². The first-order valence-electron chi connectivity index (χ1n) is 26.4. The minimum Gasteiger partial charge on any atom is -0.456 e. The number of hydrogen-bond donors (Lipinski definition) is 2. The van der Waals surface area contributed by atoms with Crippen LogP contribution in [0.15, 0.2) is 85.1 Å². The van der Waals surface area contributed by atoms with Crippen molar-refractivity contribution in [1.82, 2.24) is 5.32 Å². The molecule has 3 unspecified atom stereocenters. The zero-order chi connectivity index (χ0) is 48.7. The zero-order valence-electron chi connectivity index (χ0n) is 43.2. The van der Waals surface area contributed by atoms with Gasteiger partial charge < -0.3 is 19.4 Å². The molecule has 0 aromatic rings. The second-order valence-corrected chi connectivity index (χ2v) is 20.1. The van der Waals surface area contributed by atoms with E-state index in [4.69, 9.17) is 13.8 Å². The third-order valence-electron chi connectivity index (χ3n) is 11.1. The average molecular weight is 944 g/mol. The van der Waals surface area contributed by atoms with Gasteiger partial charge in [0.1, 0.15) is 19.3 Å². The van der Waals surface area contributed by atoms with E-state index in [0.717, 1.165) is 77.0 Å². The highest BCUT2D eigenvalue weighted by molar-refractivity contribution is 7.47. The number of ether oxygens (including phenoxy) is 1. The predicted octanol–water partition coefficient (Wildman–Crippen LogP) is 15.5. The number of hydrogen-bond acceptors (Lipinski definition) is 6. The molecule has 0 aromatic heterocycles. The molecule has 9 nitrogen and oxygen atoms in total.